The Morgan fingerprint density at radius 1 is 0.920 bits per heavy atom. The Balaban J connectivity index is 1.77. The van der Waals surface area contributed by atoms with Gasteiger partial charge in [-0.05, 0) is 55.3 Å². The maximum absolute atomic E-state index is 4.36. The number of nitrogens with zero attached hydrogens (tertiary/aromatic N) is 4. The lowest BCUT2D eigenvalue weighted by atomic mass is 10.1. The third kappa shape index (κ3) is 4.51. The first-order valence-corrected chi connectivity index (χ1v) is 8.47. The highest BCUT2D eigenvalue weighted by Gasteiger charge is 2.07. The van der Waals surface area contributed by atoms with Crippen molar-refractivity contribution in [3.8, 4) is 0 Å². The lowest BCUT2D eigenvalue weighted by Crippen LogP contribution is -2.21. The van der Waals surface area contributed by atoms with Crippen LogP contribution in [-0.4, -0.2) is 11.5 Å². The van der Waals surface area contributed by atoms with Crippen LogP contribution in [0.1, 0.15) is 18.1 Å². The van der Waals surface area contributed by atoms with Crippen molar-refractivity contribution in [2.75, 3.05) is 11.4 Å². The molecule has 0 N–H and O–H groups in total. The van der Waals surface area contributed by atoms with Gasteiger partial charge in [0.25, 0.3) is 0 Å². The van der Waals surface area contributed by atoms with E-state index in [1.807, 2.05) is 24.3 Å². The largest absolute Gasteiger partial charge is 0.367 e. The highest BCUT2D eigenvalue weighted by molar-refractivity contribution is 5.58. The van der Waals surface area contributed by atoms with Gasteiger partial charge in [0.05, 0.1) is 11.4 Å². The van der Waals surface area contributed by atoms with Crippen LogP contribution in [0.4, 0.5) is 17.1 Å². The Bertz CT molecular complexity index is 829. The molecule has 0 fully saturated rings. The zero-order chi connectivity index (χ0) is 17.5. The number of hydrogen-bond donors (Lipinski definition) is 0. The van der Waals surface area contributed by atoms with E-state index in [1.165, 1.54) is 11.3 Å². The number of azo groups is 1. The first-order valence-electron chi connectivity index (χ1n) is 8.47. The predicted molar refractivity (Wildman–Crippen MR) is 103 cm³/mol. The molecule has 1 heterocycles. The Labute approximate surface area is 148 Å². The second-order valence-electron chi connectivity index (χ2n) is 5.88. The molecule has 0 unspecified atom stereocenters. The molecule has 0 bridgehead atoms. The third-order valence-electron chi connectivity index (χ3n) is 4.08. The first-order chi connectivity index (χ1) is 12.3. The summed E-state index contributed by atoms with van der Waals surface area (Å²) in [6.45, 7) is 6.09. The Kier molecular flexibility index (Phi) is 5.52. The summed E-state index contributed by atoms with van der Waals surface area (Å²) in [6, 6.07) is 20.5. The van der Waals surface area contributed by atoms with Gasteiger partial charge in [-0.2, -0.15) is 10.2 Å². The van der Waals surface area contributed by atoms with E-state index >= 15 is 0 Å². The summed E-state index contributed by atoms with van der Waals surface area (Å²) >= 11 is 0. The average molecular weight is 330 g/mol. The molecule has 0 radical (unpaired) electrons. The van der Waals surface area contributed by atoms with E-state index in [0.717, 1.165) is 30.0 Å². The van der Waals surface area contributed by atoms with Crippen molar-refractivity contribution >= 4 is 17.1 Å². The van der Waals surface area contributed by atoms with E-state index < -0.39 is 0 Å². The summed E-state index contributed by atoms with van der Waals surface area (Å²) < 4.78 is 0. The zero-order valence-electron chi connectivity index (χ0n) is 14.6. The van der Waals surface area contributed by atoms with Gasteiger partial charge >= 0.3 is 0 Å². The molecule has 2 aromatic carbocycles. The first kappa shape index (κ1) is 16.8. The smallest absolute Gasteiger partial charge is 0.0887 e. The van der Waals surface area contributed by atoms with Crippen LogP contribution in [0.3, 0.4) is 0 Å². The summed E-state index contributed by atoms with van der Waals surface area (Å²) in [4.78, 5) is 6.34. The summed E-state index contributed by atoms with van der Waals surface area (Å²) in [7, 11) is 0. The summed E-state index contributed by atoms with van der Waals surface area (Å²) in [5.74, 6) is 0. The van der Waals surface area contributed by atoms with Crippen molar-refractivity contribution in [3.63, 3.8) is 0 Å². The minimum absolute atomic E-state index is 0.803. The van der Waals surface area contributed by atoms with Crippen LogP contribution in [0.5, 0.6) is 0 Å². The second-order valence-corrected chi connectivity index (χ2v) is 5.88. The molecule has 25 heavy (non-hydrogen) atoms. The monoisotopic (exact) mass is 330 g/mol. The van der Waals surface area contributed by atoms with Gasteiger partial charge in [-0.25, -0.2) is 0 Å². The summed E-state index contributed by atoms with van der Waals surface area (Å²) in [5.41, 5.74) is 5.31. The summed E-state index contributed by atoms with van der Waals surface area (Å²) in [6.07, 6.45) is 3.43. The van der Waals surface area contributed by atoms with Crippen LogP contribution in [0.15, 0.2) is 83.3 Å². The number of benzene rings is 2. The molecule has 3 rings (SSSR count). The van der Waals surface area contributed by atoms with Crippen molar-refractivity contribution in [1.29, 1.82) is 0 Å². The SMILES string of the molecule is CCN(Cc1ccccc1)c1ccc(/N=N/c2ccncc2)c(C)c1. The van der Waals surface area contributed by atoms with Crippen molar-refractivity contribution in [1.82, 2.24) is 4.98 Å². The Morgan fingerprint density at radius 3 is 2.36 bits per heavy atom. The van der Waals surface area contributed by atoms with E-state index in [2.05, 4.69) is 70.4 Å². The molecule has 0 amide bonds. The van der Waals surface area contributed by atoms with Gasteiger partial charge in [0.1, 0.15) is 0 Å². The zero-order valence-corrected chi connectivity index (χ0v) is 14.6. The molecular formula is C21H22N4. The topological polar surface area (TPSA) is 40.9 Å². The van der Waals surface area contributed by atoms with Gasteiger partial charge in [0.15, 0.2) is 0 Å². The van der Waals surface area contributed by atoms with Crippen LogP contribution in [-0.2, 0) is 6.54 Å². The van der Waals surface area contributed by atoms with Crippen LogP contribution >= 0.6 is 0 Å². The molecule has 0 aliphatic carbocycles. The van der Waals surface area contributed by atoms with Crippen molar-refractivity contribution in [2.24, 2.45) is 10.2 Å². The number of rotatable bonds is 6. The highest BCUT2D eigenvalue weighted by Crippen LogP contribution is 2.27. The molecule has 0 saturated carbocycles. The van der Waals surface area contributed by atoms with Crippen LogP contribution in [0.25, 0.3) is 0 Å². The standard InChI is InChI=1S/C21H22N4/c1-3-25(16-18-7-5-4-6-8-18)20-9-10-21(17(2)15-20)24-23-19-11-13-22-14-12-19/h4-15H,3,16H2,1-2H3/b24-23+. The van der Waals surface area contributed by atoms with Gasteiger partial charge in [-0.3, -0.25) is 4.98 Å². The van der Waals surface area contributed by atoms with Gasteiger partial charge in [0.2, 0.25) is 0 Å². The Hall–Kier alpha value is -3.01. The van der Waals surface area contributed by atoms with E-state index in [1.54, 1.807) is 12.4 Å². The number of pyridine rings is 1. The average Bonchev–Trinajstić information content (AvgIpc) is 2.67. The lowest BCUT2D eigenvalue weighted by molar-refractivity contribution is 0.831. The Morgan fingerprint density at radius 2 is 1.68 bits per heavy atom. The van der Waals surface area contributed by atoms with Crippen molar-refractivity contribution in [2.45, 2.75) is 20.4 Å². The molecule has 0 aliphatic rings. The van der Waals surface area contributed by atoms with E-state index in [9.17, 15) is 0 Å². The van der Waals surface area contributed by atoms with Gasteiger partial charge in [-0.1, -0.05) is 30.3 Å². The summed E-state index contributed by atoms with van der Waals surface area (Å²) in [5, 5.41) is 8.64. The van der Waals surface area contributed by atoms with Crippen molar-refractivity contribution < 1.29 is 0 Å². The van der Waals surface area contributed by atoms with Crippen LogP contribution < -0.4 is 4.90 Å². The molecule has 3 aromatic rings. The lowest BCUT2D eigenvalue weighted by Gasteiger charge is -2.24. The fourth-order valence-corrected chi connectivity index (χ4v) is 2.66. The van der Waals surface area contributed by atoms with E-state index in [-0.39, 0.29) is 0 Å². The molecule has 4 heteroatoms. The number of anilines is 1. The molecule has 1 aromatic heterocycles. The maximum Gasteiger partial charge on any atom is 0.0887 e. The quantitative estimate of drug-likeness (QED) is 0.533. The molecule has 0 saturated heterocycles. The molecule has 0 spiro atoms. The van der Waals surface area contributed by atoms with E-state index in [4.69, 9.17) is 0 Å². The predicted octanol–water partition coefficient (Wildman–Crippen LogP) is 5.83. The number of aromatic nitrogens is 1. The fourth-order valence-electron chi connectivity index (χ4n) is 2.66. The van der Waals surface area contributed by atoms with Gasteiger partial charge in [0, 0.05) is 31.2 Å². The van der Waals surface area contributed by atoms with Crippen LogP contribution in [0.2, 0.25) is 0 Å². The molecular weight excluding hydrogens is 308 g/mol. The maximum atomic E-state index is 4.36. The van der Waals surface area contributed by atoms with Crippen LogP contribution in [0, 0.1) is 6.92 Å². The van der Waals surface area contributed by atoms with Crippen molar-refractivity contribution in [3.05, 3.63) is 84.2 Å². The third-order valence-corrected chi connectivity index (χ3v) is 4.08. The fraction of sp³-hybridized carbons (Fsp3) is 0.190. The molecule has 0 atom stereocenters. The minimum atomic E-state index is 0.803. The highest BCUT2D eigenvalue weighted by atomic mass is 15.1. The molecule has 0 aliphatic heterocycles. The van der Waals surface area contributed by atoms with Gasteiger partial charge < -0.3 is 4.90 Å². The van der Waals surface area contributed by atoms with Gasteiger partial charge in [-0.15, -0.1) is 0 Å². The second kappa shape index (κ2) is 8.20. The minimum Gasteiger partial charge on any atom is -0.367 e. The number of hydrogen-bond acceptors (Lipinski definition) is 4. The molecule has 126 valence electrons. The molecule has 4 nitrogen and oxygen atoms in total. The normalized spacial score (nSPS) is 11.0. The number of aryl methyl sites for hydroxylation is 1. The van der Waals surface area contributed by atoms with E-state index in [0.29, 0.717) is 0 Å².